The third-order valence-electron chi connectivity index (χ3n) is 19.3. The number of nitrogens with zero attached hydrogens (tertiary/aromatic N) is 6. The van der Waals surface area contributed by atoms with Crippen LogP contribution in [-0.4, -0.2) is 375 Å². The molecule has 4 fully saturated rings. The fourth-order valence-corrected chi connectivity index (χ4v) is 18.6. The Hall–Kier alpha value is -6.20. The van der Waals surface area contributed by atoms with E-state index in [1.165, 1.54) is 34.6 Å². The molecule has 0 bridgehead atoms. The second kappa shape index (κ2) is 47.1. The quantitative estimate of drug-likeness (QED) is 0.0252. The fourth-order valence-electron chi connectivity index (χ4n) is 12.4. The lowest BCUT2D eigenvalue weighted by molar-refractivity contribution is -0.145. The van der Waals surface area contributed by atoms with Crippen LogP contribution in [0.15, 0.2) is 0 Å². The van der Waals surface area contributed by atoms with Gasteiger partial charge in [0.1, 0.15) is 40.3 Å². The molecule has 0 aromatic carbocycles. The summed E-state index contributed by atoms with van der Waals surface area (Å²) in [6.07, 6.45) is 1.47. The van der Waals surface area contributed by atoms with E-state index >= 15 is 0 Å². The van der Waals surface area contributed by atoms with E-state index in [2.05, 4.69) is 20.1 Å². The topological polar surface area (TPSA) is 901 Å². The Morgan fingerprint density at radius 2 is 0.776 bits per heavy atom. The summed E-state index contributed by atoms with van der Waals surface area (Å²) < 4.78 is 113. The zero-order chi connectivity index (χ0) is 89.9. The Kier molecular flexibility index (Phi) is 43.8. The predicted molar refractivity (Wildman–Crippen MR) is 410 cm³/mol. The van der Waals surface area contributed by atoms with Gasteiger partial charge in [-0.25, -0.2) is 4.31 Å². The van der Waals surface area contributed by atoms with Gasteiger partial charge >= 0.3 is 84.8 Å². The first-order valence-corrected chi connectivity index (χ1v) is 41.8. The molecule has 0 spiro atoms. The number of likely N-dealkylation sites (N-methyl/N-ethyl adjacent to an activating group) is 2. The van der Waals surface area contributed by atoms with E-state index in [4.69, 9.17) is 91.8 Å². The van der Waals surface area contributed by atoms with E-state index in [9.17, 15) is 112 Å². The summed E-state index contributed by atoms with van der Waals surface area (Å²) in [6, 6.07) is -7.46. The number of nitrogens with two attached hydrogens (primary N) is 9. The molecule has 0 radical (unpaired) electrons. The molecule has 0 aromatic rings. The van der Waals surface area contributed by atoms with Crippen molar-refractivity contribution in [3.63, 3.8) is 0 Å². The van der Waals surface area contributed by atoms with Crippen LogP contribution in [0.3, 0.4) is 0 Å². The average molecular weight is 1750 g/mol. The molecule has 0 aliphatic carbocycles. The first kappa shape index (κ1) is 108. The molecule has 0 unspecified atom stereocenters. The van der Waals surface area contributed by atoms with Crippen LogP contribution < -0.4 is 72.3 Å². The Morgan fingerprint density at radius 1 is 0.466 bits per heavy atom. The molecule has 668 valence electrons. The highest BCUT2D eigenvalue weighted by Gasteiger charge is 2.58. The summed E-state index contributed by atoms with van der Waals surface area (Å²) in [4.78, 5) is 117. The number of carbonyl (C=O) groups excluding carboxylic acids is 4. The first-order chi connectivity index (χ1) is 53.2. The number of nitrogens with one attached hydrogen (secondary N) is 4. The van der Waals surface area contributed by atoms with Crippen molar-refractivity contribution < 1.29 is 157 Å². The van der Waals surface area contributed by atoms with E-state index in [0.29, 0.717) is 15.0 Å². The molecule has 4 aliphatic heterocycles. The lowest BCUT2D eigenvalue weighted by Gasteiger charge is -2.31. The van der Waals surface area contributed by atoms with Crippen molar-refractivity contribution >= 4 is 129 Å². The third-order valence-corrected chi connectivity index (χ3v) is 26.2. The third kappa shape index (κ3) is 31.1. The molecule has 36 N–H and O–H groups in total. The van der Waals surface area contributed by atoms with Gasteiger partial charge in [-0.1, -0.05) is 32.6 Å². The van der Waals surface area contributed by atoms with Gasteiger partial charge in [0.2, 0.25) is 17.7 Å². The highest BCUT2D eigenvalue weighted by Crippen LogP contribution is 2.37. The molecule has 4 heterocycles. The summed E-state index contributed by atoms with van der Waals surface area (Å²) in [7, 11) is -23.8. The highest BCUT2D eigenvalue weighted by molar-refractivity contribution is 7.87. The molecule has 60 heteroatoms. The zero-order valence-corrected chi connectivity index (χ0v) is 68.0. The second-order valence-electron chi connectivity index (χ2n) is 28.4. The van der Waals surface area contributed by atoms with Crippen molar-refractivity contribution in [3.8, 4) is 0 Å². The van der Waals surface area contributed by atoms with Crippen LogP contribution in [0, 0.1) is 23.7 Å². The number of hydrogen-bond acceptors (Lipinski definition) is 36. The summed E-state index contributed by atoms with van der Waals surface area (Å²) in [5, 5.41) is 135. The lowest BCUT2D eigenvalue weighted by Crippen LogP contribution is -2.58. The number of carbonyl (C=O) groups is 10. The number of amides is 4. The number of aliphatic carboxylic acids is 6. The van der Waals surface area contributed by atoms with E-state index in [1.54, 1.807) is 0 Å². The lowest BCUT2D eigenvalue weighted by atomic mass is 9.78. The Bertz CT molecular complexity index is 3770. The molecule has 4 saturated heterocycles. The minimum Gasteiger partial charge on any atom is -0.480 e. The van der Waals surface area contributed by atoms with Gasteiger partial charge in [-0.05, 0) is 78.7 Å². The van der Waals surface area contributed by atoms with Crippen molar-refractivity contribution in [1.82, 2.24) is 46.5 Å². The summed E-state index contributed by atoms with van der Waals surface area (Å²) in [6.45, 7) is 1.65. The van der Waals surface area contributed by atoms with E-state index in [-0.39, 0.29) is 129 Å². The minimum absolute atomic E-state index is 0.0115. The molecule has 4 aliphatic rings. The van der Waals surface area contributed by atoms with Crippen molar-refractivity contribution in [2.75, 3.05) is 98.2 Å². The standard InChI is InChI=1S/C16H33BN6O8S.C16H32BN5O9S.C14H28BN5O9S.C10H22BN3O7S/c1-3-23(14(25)12(19)7-21-13(24)10(2)18)32(30,31)22-8-11(5-4-6-17(28)29)16(20,9-22)15(26)27;1-3-22(12(14(24)25)7-20-13(23)10(2)18)32(30,31)21-8-11(5-4-6-17(28)29)16(19,9-21)15(26)27;1-8(16)11(21)18-5-10(12(22)23)19-30(28,29)20-6-9(3-2-4-15(26)27)14(17,7-20)13(24)25;12-4-5-21-22(19,20)14-6-8(2-1-3-11(17)18)10(13,7-14)9(15)16/h10-12,28-29H,3-9,18-20H2,1-2H3,(H,21,24)(H,26,27);10-12,28-29H,3-9,18-19H2,1-2H3,(H,20,23)(H,24,25)(H,26,27);8-10,19,26-27H,2-7,16-17H2,1H3,(H,18,21)(H,22,23)(H,24,25);8,17-18H,1-7,12-13H2,(H,15,16)/t2*10-,11-,12-,16-;8-,9-,10-,14-;8-,10-/m0000/s1. The average Bonchev–Trinajstić information content (AvgIpc) is 1.58. The maximum Gasteiger partial charge on any atom is 0.451 e. The summed E-state index contributed by atoms with van der Waals surface area (Å²) >= 11 is 0. The van der Waals surface area contributed by atoms with Crippen molar-refractivity contribution in [2.45, 2.75) is 170 Å². The second-order valence-corrected chi connectivity index (χ2v) is 35.4. The zero-order valence-electron chi connectivity index (χ0n) is 64.7. The van der Waals surface area contributed by atoms with Gasteiger partial charge in [0, 0.05) is 115 Å². The van der Waals surface area contributed by atoms with Crippen LogP contribution in [0.1, 0.15) is 86.0 Å². The van der Waals surface area contributed by atoms with Gasteiger partial charge < -0.3 is 138 Å². The van der Waals surface area contributed by atoms with E-state index < -0.39 is 250 Å². The Balaban J connectivity index is 0.000000780. The maximum atomic E-state index is 13.2. The van der Waals surface area contributed by atoms with Crippen LogP contribution in [-0.2, 0) is 93.1 Å². The first-order valence-electron chi connectivity index (χ1n) is 36.2. The number of carboxylic acids is 6. The van der Waals surface area contributed by atoms with E-state index in [1.807, 2.05) is 4.72 Å². The van der Waals surface area contributed by atoms with Crippen molar-refractivity contribution in [2.24, 2.45) is 75.3 Å². The SMILES string of the molecule is CCN(C(=O)[C@@H](N)CNC(=O)[C@H](C)N)S(=O)(=O)N1C[C@H](CCCB(O)O)[C@](N)(C(=O)O)C1.CCN([C@@H](CNC(=O)[C@H](C)N)C(=O)O)S(=O)(=O)N1C[C@H](CCCB(O)O)[C@](N)(C(=O)O)C1.C[C@H](N)C(=O)NC[C@H](NS(=O)(=O)N1C[C@H](CCCB(O)O)[C@](N)(C(=O)O)C1)C(=O)O.NCCOS(=O)(=O)N1C[C@H](CCCB(O)O)[C@](N)(C(=O)O)C1. The van der Waals surface area contributed by atoms with Crippen molar-refractivity contribution in [1.29, 1.82) is 0 Å². The van der Waals surface area contributed by atoms with Crippen LogP contribution in [0.5, 0.6) is 0 Å². The largest absolute Gasteiger partial charge is 0.480 e. The monoisotopic (exact) mass is 1750 g/mol. The minimum atomic E-state index is -4.48. The summed E-state index contributed by atoms with van der Waals surface area (Å²) in [5.41, 5.74) is 43.5. The van der Waals surface area contributed by atoms with Gasteiger partial charge in [0.05, 0.1) is 24.7 Å². The number of rotatable bonds is 46. The fraction of sp³-hybridized carbons (Fsp3) is 0.821. The molecule has 4 rings (SSSR count). The number of carboxylic acid groups (broad SMARTS) is 6. The molecule has 0 saturated carbocycles. The molecule has 52 nitrogen and oxygen atoms in total. The normalized spacial score (nSPS) is 24.2. The smallest absolute Gasteiger partial charge is 0.451 e. The van der Waals surface area contributed by atoms with E-state index in [0.717, 1.165) is 17.2 Å². The molecule has 116 heavy (non-hydrogen) atoms. The van der Waals surface area contributed by atoms with Gasteiger partial charge in [-0.15, -0.1) is 0 Å². The maximum absolute atomic E-state index is 13.2. The molecular weight excluding hydrogens is 1640 g/mol. The molecular formula is C56H115B4N19O33S4. The van der Waals surface area contributed by atoms with Crippen LogP contribution in [0.4, 0.5) is 0 Å². The summed E-state index contributed by atoms with van der Waals surface area (Å²) in [5.74, 6) is -14.7. The van der Waals surface area contributed by atoms with Gasteiger partial charge in [-0.2, -0.15) is 59.9 Å². The molecule has 14 atom stereocenters. The van der Waals surface area contributed by atoms with Gasteiger partial charge in [0.25, 0.3) is 26.3 Å². The van der Waals surface area contributed by atoms with Crippen LogP contribution in [0.2, 0.25) is 25.3 Å². The predicted octanol–water partition coefficient (Wildman–Crippen LogP) is -14.8. The Labute approximate surface area is 672 Å². The van der Waals surface area contributed by atoms with Crippen LogP contribution in [0.25, 0.3) is 0 Å². The number of hydrogen-bond donors (Lipinski definition) is 27. The highest BCUT2D eigenvalue weighted by atomic mass is 32.2. The molecule has 4 amide bonds. The van der Waals surface area contributed by atoms with Crippen LogP contribution >= 0.6 is 0 Å². The van der Waals surface area contributed by atoms with Gasteiger partial charge in [-0.3, -0.25) is 52.1 Å². The molecule has 0 aromatic heterocycles. The van der Waals surface area contributed by atoms with Crippen molar-refractivity contribution in [3.05, 3.63) is 0 Å². The Morgan fingerprint density at radius 3 is 1.08 bits per heavy atom. The van der Waals surface area contributed by atoms with Gasteiger partial charge in [0.15, 0.2) is 0 Å².